The SMILES string of the molecule is COc1ccc(CN(C2CC2)[C@@H]2CCCNC2)cc1OC. The molecule has 1 N–H and O–H groups in total. The second kappa shape index (κ2) is 6.67. The highest BCUT2D eigenvalue weighted by atomic mass is 16.5. The molecule has 2 aliphatic rings. The summed E-state index contributed by atoms with van der Waals surface area (Å²) in [6.45, 7) is 3.31. The van der Waals surface area contributed by atoms with E-state index in [4.69, 9.17) is 9.47 Å². The van der Waals surface area contributed by atoms with Gasteiger partial charge in [-0.05, 0) is 49.9 Å². The zero-order valence-corrected chi connectivity index (χ0v) is 13.1. The fourth-order valence-electron chi connectivity index (χ4n) is 3.27. The number of benzene rings is 1. The Morgan fingerprint density at radius 3 is 2.52 bits per heavy atom. The van der Waals surface area contributed by atoms with Crippen LogP contribution in [0.25, 0.3) is 0 Å². The lowest BCUT2D eigenvalue weighted by molar-refractivity contribution is 0.148. The van der Waals surface area contributed by atoms with E-state index in [0.29, 0.717) is 6.04 Å². The van der Waals surface area contributed by atoms with Gasteiger partial charge in [-0.3, -0.25) is 4.90 Å². The van der Waals surface area contributed by atoms with Gasteiger partial charge in [0.2, 0.25) is 0 Å². The zero-order valence-electron chi connectivity index (χ0n) is 13.1. The zero-order chi connectivity index (χ0) is 14.7. The summed E-state index contributed by atoms with van der Waals surface area (Å²) < 4.78 is 10.7. The summed E-state index contributed by atoms with van der Waals surface area (Å²) in [4.78, 5) is 2.69. The molecule has 0 radical (unpaired) electrons. The van der Waals surface area contributed by atoms with Crippen molar-refractivity contribution in [3.05, 3.63) is 23.8 Å². The Labute approximate surface area is 127 Å². The summed E-state index contributed by atoms with van der Waals surface area (Å²) in [5.41, 5.74) is 1.31. The van der Waals surface area contributed by atoms with Gasteiger partial charge in [0.15, 0.2) is 11.5 Å². The van der Waals surface area contributed by atoms with E-state index < -0.39 is 0 Å². The highest BCUT2D eigenvalue weighted by molar-refractivity contribution is 5.42. The van der Waals surface area contributed by atoms with Crippen LogP contribution in [-0.4, -0.2) is 44.3 Å². The highest BCUT2D eigenvalue weighted by Gasteiger charge is 2.34. The molecule has 1 aliphatic heterocycles. The van der Waals surface area contributed by atoms with Gasteiger partial charge < -0.3 is 14.8 Å². The number of nitrogens with zero attached hydrogens (tertiary/aromatic N) is 1. The van der Waals surface area contributed by atoms with Crippen LogP contribution in [0.4, 0.5) is 0 Å². The smallest absolute Gasteiger partial charge is 0.161 e. The van der Waals surface area contributed by atoms with Crippen molar-refractivity contribution >= 4 is 0 Å². The number of piperidine rings is 1. The predicted molar refractivity (Wildman–Crippen MR) is 84.0 cm³/mol. The molecule has 1 atom stereocenters. The fourth-order valence-corrected chi connectivity index (χ4v) is 3.27. The first-order chi connectivity index (χ1) is 10.3. The summed E-state index contributed by atoms with van der Waals surface area (Å²) in [7, 11) is 3.38. The van der Waals surface area contributed by atoms with E-state index in [0.717, 1.165) is 30.6 Å². The normalized spacial score (nSPS) is 22.3. The molecule has 21 heavy (non-hydrogen) atoms. The second-order valence-electron chi connectivity index (χ2n) is 6.09. The monoisotopic (exact) mass is 290 g/mol. The lowest BCUT2D eigenvalue weighted by Crippen LogP contribution is -2.46. The molecule has 0 spiro atoms. The van der Waals surface area contributed by atoms with Crippen LogP contribution in [-0.2, 0) is 6.54 Å². The van der Waals surface area contributed by atoms with Crippen LogP contribution in [0.2, 0.25) is 0 Å². The van der Waals surface area contributed by atoms with Crippen LogP contribution in [0.3, 0.4) is 0 Å². The summed E-state index contributed by atoms with van der Waals surface area (Å²) in [6, 6.07) is 7.75. The van der Waals surface area contributed by atoms with Gasteiger partial charge in [0.05, 0.1) is 14.2 Å². The third-order valence-electron chi connectivity index (χ3n) is 4.57. The Kier molecular flexibility index (Phi) is 4.66. The molecular weight excluding hydrogens is 264 g/mol. The standard InChI is InChI=1S/C17H26N2O2/c1-20-16-8-5-13(10-17(16)21-2)12-19(14-6-7-14)15-4-3-9-18-11-15/h5,8,10,14-15,18H,3-4,6-7,9,11-12H2,1-2H3/t15-/m1/s1. The van der Waals surface area contributed by atoms with Crippen molar-refractivity contribution in [3.8, 4) is 11.5 Å². The highest BCUT2D eigenvalue weighted by Crippen LogP contribution is 2.34. The Bertz CT molecular complexity index is 468. The van der Waals surface area contributed by atoms with E-state index >= 15 is 0 Å². The summed E-state index contributed by atoms with van der Waals surface area (Å²) in [5, 5.41) is 3.54. The largest absolute Gasteiger partial charge is 0.493 e. The lowest BCUT2D eigenvalue weighted by Gasteiger charge is -2.35. The van der Waals surface area contributed by atoms with Gasteiger partial charge in [-0.1, -0.05) is 6.07 Å². The molecule has 1 aromatic rings. The first kappa shape index (κ1) is 14.7. The maximum atomic E-state index is 5.42. The quantitative estimate of drug-likeness (QED) is 0.872. The van der Waals surface area contributed by atoms with Gasteiger partial charge in [-0.25, -0.2) is 0 Å². The van der Waals surface area contributed by atoms with Gasteiger partial charge in [-0.2, -0.15) is 0 Å². The van der Waals surface area contributed by atoms with Gasteiger partial charge in [0, 0.05) is 25.2 Å². The molecule has 2 fully saturated rings. The van der Waals surface area contributed by atoms with Crippen LogP contribution in [0.5, 0.6) is 11.5 Å². The molecule has 1 saturated heterocycles. The Morgan fingerprint density at radius 1 is 1.10 bits per heavy atom. The first-order valence-electron chi connectivity index (χ1n) is 7.99. The topological polar surface area (TPSA) is 33.7 Å². The molecule has 3 rings (SSSR count). The third-order valence-corrected chi connectivity index (χ3v) is 4.57. The maximum Gasteiger partial charge on any atom is 0.161 e. The number of hydrogen-bond acceptors (Lipinski definition) is 4. The van der Waals surface area contributed by atoms with Gasteiger partial charge >= 0.3 is 0 Å². The van der Waals surface area contributed by atoms with Gasteiger partial charge in [-0.15, -0.1) is 0 Å². The number of ether oxygens (including phenoxy) is 2. The van der Waals surface area contributed by atoms with E-state index in [1.54, 1.807) is 14.2 Å². The van der Waals surface area contributed by atoms with E-state index in [1.165, 1.54) is 37.8 Å². The first-order valence-corrected chi connectivity index (χ1v) is 7.99. The minimum Gasteiger partial charge on any atom is -0.493 e. The predicted octanol–water partition coefficient (Wildman–Crippen LogP) is 2.42. The average molecular weight is 290 g/mol. The lowest BCUT2D eigenvalue weighted by atomic mass is 10.0. The van der Waals surface area contributed by atoms with E-state index in [9.17, 15) is 0 Å². The molecule has 0 amide bonds. The fraction of sp³-hybridized carbons (Fsp3) is 0.647. The van der Waals surface area contributed by atoms with Crippen molar-refractivity contribution in [1.82, 2.24) is 10.2 Å². The van der Waals surface area contributed by atoms with Gasteiger partial charge in [0.1, 0.15) is 0 Å². The summed E-state index contributed by atoms with van der Waals surface area (Å²) in [6.07, 6.45) is 5.31. The maximum absolute atomic E-state index is 5.42. The van der Waals surface area contributed by atoms with E-state index in [2.05, 4.69) is 22.3 Å². The molecule has 1 aliphatic carbocycles. The molecule has 1 aromatic carbocycles. The van der Waals surface area contributed by atoms with Crippen molar-refractivity contribution in [2.24, 2.45) is 0 Å². The Morgan fingerprint density at radius 2 is 1.90 bits per heavy atom. The Balaban J connectivity index is 1.73. The summed E-state index contributed by atoms with van der Waals surface area (Å²) in [5.74, 6) is 1.63. The molecule has 4 heteroatoms. The third kappa shape index (κ3) is 3.50. The average Bonchev–Trinajstić information content (AvgIpc) is 3.38. The molecular formula is C17H26N2O2. The molecule has 4 nitrogen and oxygen atoms in total. The molecule has 1 saturated carbocycles. The molecule has 0 aromatic heterocycles. The van der Waals surface area contributed by atoms with E-state index in [-0.39, 0.29) is 0 Å². The van der Waals surface area contributed by atoms with Crippen molar-refractivity contribution in [2.45, 2.75) is 44.3 Å². The number of nitrogens with one attached hydrogen (secondary N) is 1. The van der Waals surface area contributed by atoms with Crippen LogP contribution in [0, 0.1) is 0 Å². The van der Waals surface area contributed by atoms with E-state index in [1.807, 2.05) is 6.07 Å². The van der Waals surface area contributed by atoms with Crippen molar-refractivity contribution in [1.29, 1.82) is 0 Å². The Hall–Kier alpha value is -1.26. The van der Waals surface area contributed by atoms with Gasteiger partial charge in [0.25, 0.3) is 0 Å². The van der Waals surface area contributed by atoms with Crippen molar-refractivity contribution in [2.75, 3.05) is 27.3 Å². The second-order valence-corrected chi connectivity index (χ2v) is 6.09. The van der Waals surface area contributed by atoms with Crippen molar-refractivity contribution in [3.63, 3.8) is 0 Å². The molecule has 0 bridgehead atoms. The van der Waals surface area contributed by atoms with Crippen LogP contribution in [0.15, 0.2) is 18.2 Å². The molecule has 1 heterocycles. The number of rotatable bonds is 6. The van der Waals surface area contributed by atoms with Crippen LogP contribution in [0.1, 0.15) is 31.2 Å². The minimum atomic E-state index is 0.680. The number of methoxy groups -OCH3 is 2. The van der Waals surface area contributed by atoms with Crippen LogP contribution >= 0.6 is 0 Å². The van der Waals surface area contributed by atoms with Crippen LogP contribution < -0.4 is 14.8 Å². The molecule has 0 unspecified atom stereocenters. The van der Waals surface area contributed by atoms with Crippen molar-refractivity contribution < 1.29 is 9.47 Å². The molecule has 116 valence electrons. The number of hydrogen-bond donors (Lipinski definition) is 1. The summed E-state index contributed by atoms with van der Waals surface area (Å²) >= 11 is 0. The minimum absolute atomic E-state index is 0.680.